The fourth-order valence-electron chi connectivity index (χ4n) is 1.89. The lowest BCUT2D eigenvalue weighted by Gasteiger charge is -2.38. The van der Waals surface area contributed by atoms with E-state index in [4.69, 9.17) is 4.74 Å². The third-order valence-electron chi connectivity index (χ3n) is 3.12. The van der Waals surface area contributed by atoms with Crippen LogP contribution in [0.15, 0.2) is 24.3 Å². The summed E-state index contributed by atoms with van der Waals surface area (Å²) in [5.74, 6) is -0.0652. The quantitative estimate of drug-likeness (QED) is 0.817. The summed E-state index contributed by atoms with van der Waals surface area (Å²) >= 11 is 0. The summed E-state index contributed by atoms with van der Waals surface area (Å²) in [7, 11) is 0. The number of hydrogen-bond acceptors (Lipinski definition) is 3. The molecule has 4 nitrogen and oxygen atoms in total. The molecule has 1 aliphatic heterocycles. The maximum Gasteiger partial charge on any atom is 0.246 e. The van der Waals surface area contributed by atoms with E-state index in [0.717, 1.165) is 18.7 Å². The second kappa shape index (κ2) is 5.50. The van der Waals surface area contributed by atoms with Gasteiger partial charge in [-0.3, -0.25) is 4.79 Å². The number of hydrogen-bond donors (Lipinski definition) is 2. The monoisotopic (exact) mass is 248 g/mol. The molecule has 0 unspecified atom stereocenters. The molecule has 2 rings (SSSR count). The summed E-state index contributed by atoms with van der Waals surface area (Å²) < 4.78 is 5.56. The van der Waals surface area contributed by atoms with Gasteiger partial charge in [-0.2, -0.15) is 0 Å². The molecule has 0 aliphatic carbocycles. The summed E-state index contributed by atoms with van der Waals surface area (Å²) in [5.41, 5.74) is 2.15. The van der Waals surface area contributed by atoms with Gasteiger partial charge in [0.2, 0.25) is 5.91 Å². The molecule has 0 aromatic heterocycles. The first-order valence-electron chi connectivity index (χ1n) is 6.24. The predicted octanol–water partition coefficient (Wildman–Crippen LogP) is 0.990. The Bertz CT molecular complexity index is 428. The van der Waals surface area contributed by atoms with E-state index >= 15 is 0 Å². The molecule has 98 valence electrons. The van der Waals surface area contributed by atoms with Crippen LogP contribution in [0, 0.1) is 6.92 Å². The van der Waals surface area contributed by atoms with Crippen LogP contribution in [0.5, 0.6) is 0 Å². The molecule has 0 radical (unpaired) electrons. The summed E-state index contributed by atoms with van der Waals surface area (Å²) in [5, 5.41) is 6.00. The van der Waals surface area contributed by atoms with Crippen molar-refractivity contribution < 1.29 is 9.53 Å². The molecule has 1 fully saturated rings. The number of nitrogens with one attached hydrogen (secondary N) is 2. The number of ether oxygens (including phenoxy) is 1. The molecule has 4 heteroatoms. The number of carbonyl (C=O) groups is 1. The van der Waals surface area contributed by atoms with Crippen LogP contribution < -0.4 is 10.6 Å². The summed E-state index contributed by atoms with van der Waals surface area (Å²) in [4.78, 5) is 11.6. The first-order chi connectivity index (χ1) is 8.57. The van der Waals surface area contributed by atoms with Crippen LogP contribution in [-0.4, -0.2) is 31.2 Å². The summed E-state index contributed by atoms with van der Waals surface area (Å²) in [6.45, 7) is 6.37. The number of aryl methyl sites for hydroxylation is 1. The molecule has 1 heterocycles. The average molecular weight is 248 g/mol. The molecular weight excluding hydrogens is 228 g/mol. The topological polar surface area (TPSA) is 50.4 Å². The van der Waals surface area contributed by atoms with Gasteiger partial charge in [0, 0.05) is 19.6 Å². The molecule has 2 N–H and O–H groups in total. The standard InChI is InChI=1S/C14H20N2O2/c1-11-4-3-5-12(6-11)7-16-13(17)8-18-14(2)9-15-10-14/h3-6,15H,7-10H2,1-2H3,(H,16,17). The second-order valence-electron chi connectivity index (χ2n) is 5.11. The van der Waals surface area contributed by atoms with Crippen LogP contribution in [-0.2, 0) is 16.1 Å². The van der Waals surface area contributed by atoms with Crippen molar-refractivity contribution in [2.45, 2.75) is 26.0 Å². The van der Waals surface area contributed by atoms with Gasteiger partial charge in [0.05, 0.1) is 5.60 Å². The highest BCUT2D eigenvalue weighted by atomic mass is 16.5. The van der Waals surface area contributed by atoms with Gasteiger partial charge < -0.3 is 15.4 Å². The Morgan fingerprint density at radius 1 is 1.50 bits per heavy atom. The molecule has 1 aromatic carbocycles. The van der Waals surface area contributed by atoms with E-state index in [1.165, 1.54) is 5.56 Å². The zero-order chi connectivity index (χ0) is 13.0. The van der Waals surface area contributed by atoms with Gasteiger partial charge in [0.1, 0.15) is 6.61 Å². The van der Waals surface area contributed by atoms with Crippen LogP contribution in [0.25, 0.3) is 0 Å². The number of rotatable bonds is 5. The van der Waals surface area contributed by atoms with Crippen molar-refractivity contribution in [1.29, 1.82) is 0 Å². The highest BCUT2D eigenvalue weighted by Crippen LogP contribution is 2.14. The first-order valence-corrected chi connectivity index (χ1v) is 6.24. The van der Waals surface area contributed by atoms with E-state index in [1.807, 2.05) is 32.0 Å². The van der Waals surface area contributed by atoms with E-state index in [-0.39, 0.29) is 18.1 Å². The van der Waals surface area contributed by atoms with Crippen molar-refractivity contribution in [3.05, 3.63) is 35.4 Å². The zero-order valence-corrected chi connectivity index (χ0v) is 11.0. The second-order valence-corrected chi connectivity index (χ2v) is 5.11. The largest absolute Gasteiger partial charge is 0.363 e. The van der Waals surface area contributed by atoms with Crippen LogP contribution in [0.2, 0.25) is 0 Å². The normalized spacial score (nSPS) is 17.0. The van der Waals surface area contributed by atoms with Gasteiger partial charge in [0.15, 0.2) is 0 Å². The average Bonchev–Trinajstić information content (AvgIpc) is 2.31. The molecule has 1 saturated heterocycles. The lowest BCUT2D eigenvalue weighted by atomic mass is 10.0. The van der Waals surface area contributed by atoms with Crippen molar-refractivity contribution >= 4 is 5.91 Å². The van der Waals surface area contributed by atoms with E-state index < -0.39 is 0 Å². The van der Waals surface area contributed by atoms with Crippen LogP contribution >= 0.6 is 0 Å². The maximum absolute atomic E-state index is 11.6. The van der Waals surface area contributed by atoms with Crippen LogP contribution in [0.3, 0.4) is 0 Å². The summed E-state index contributed by atoms with van der Waals surface area (Å²) in [6, 6.07) is 8.11. The molecule has 0 spiro atoms. The predicted molar refractivity (Wildman–Crippen MR) is 70.3 cm³/mol. The molecule has 0 bridgehead atoms. The Hall–Kier alpha value is -1.39. The SMILES string of the molecule is Cc1cccc(CNC(=O)COC2(C)CNC2)c1. The Balaban J connectivity index is 1.71. The van der Waals surface area contributed by atoms with Gasteiger partial charge in [-0.25, -0.2) is 0 Å². The molecular formula is C14H20N2O2. The molecule has 1 aromatic rings. The Morgan fingerprint density at radius 3 is 2.89 bits per heavy atom. The number of benzene rings is 1. The highest BCUT2D eigenvalue weighted by molar-refractivity contribution is 5.77. The van der Waals surface area contributed by atoms with Gasteiger partial charge in [-0.15, -0.1) is 0 Å². The number of amides is 1. The van der Waals surface area contributed by atoms with E-state index in [0.29, 0.717) is 6.54 Å². The minimum absolute atomic E-state index is 0.0652. The van der Waals surface area contributed by atoms with Gasteiger partial charge in [-0.05, 0) is 19.4 Å². The Kier molecular flexibility index (Phi) is 3.99. The molecule has 1 aliphatic rings. The fraction of sp³-hybridized carbons (Fsp3) is 0.500. The number of carbonyl (C=O) groups excluding carboxylic acids is 1. The van der Waals surface area contributed by atoms with Gasteiger partial charge in [0.25, 0.3) is 0 Å². The lowest BCUT2D eigenvalue weighted by Crippen LogP contribution is -2.59. The Labute approximate surface area is 108 Å². The van der Waals surface area contributed by atoms with E-state index in [2.05, 4.69) is 16.7 Å². The van der Waals surface area contributed by atoms with Crippen molar-refractivity contribution in [2.24, 2.45) is 0 Å². The van der Waals surface area contributed by atoms with Crippen molar-refractivity contribution in [2.75, 3.05) is 19.7 Å². The molecule has 1 amide bonds. The first kappa shape index (κ1) is 13.1. The fourth-order valence-corrected chi connectivity index (χ4v) is 1.89. The lowest BCUT2D eigenvalue weighted by molar-refractivity contribution is -0.136. The molecule has 0 saturated carbocycles. The van der Waals surface area contributed by atoms with Crippen molar-refractivity contribution in [1.82, 2.24) is 10.6 Å². The Morgan fingerprint density at radius 2 is 2.28 bits per heavy atom. The van der Waals surface area contributed by atoms with Gasteiger partial charge >= 0.3 is 0 Å². The summed E-state index contributed by atoms with van der Waals surface area (Å²) in [6.07, 6.45) is 0. The van der Waals surface area contributed by atoms with Gasteiger partial charge in [-0.1, -0.05) is 29.8 Å². The van der Waals surface area contributed by atoms with Crippen molar-refractivity contribution in [3.63, 3.8) is 0 Å². The van der Waals surface area contributed by atoms with E-state index in [9.17, 15) is 4.79 Å². The molecule has 0 atom stereocenters. The smallest absolute Gasteiger partial charge is 0.246 e. The van der Waals surface area contributed by atoms with Crippen LogP contribution in [0.4, 0.5) is 0 Å². The zero-order valence-electron chi connectivity index (χ0n) is 11.0. The third-order valence-corrected chi connectivity index (χ3v) is 3.12. The van der Waals surface area contributed by atoms with E-state index in [1.54, 1.807) is 0 Å². The van der Waals surface area contributed by atoms with Crippen molar-refractivity contribution in [3.8, 4) is 0 Å². The maximum atomic E-state index is 11.6. The third kappa shape index (κ3) is 3.55. The minimum atomic E-state index is -0.166. The minimum Gasteiger partial charge on any atom is -0.363 e. The molecule has 18 heavy (non-hydrogen) atoms. The highest BCUT2D eigenvalue weighted by Gasteiger charge is 2.32. The van der Waals surface area contributed by atoms with Crippen LogP contribution in [0.1, 0.15) is 18.1 Å².